The van der Waals surface area contributed by atoms with E-state index in [4.69, 9.17) is 0 Å². The molecule has 1 aliphatic rings. The fourth-order valence-electron chi connectivity index (χ4n) is 2.94. The van der Waals surface area contributed by atoms with E-state index < -0.39 is 5.51 Å². The van der Waals surface area contributed by atoms with E-state index in [1.165, 1.54) is 0 Å². The van der Waals surface area contributed by atoms with E-state index in [0.717, 1.165) is 44.6 Å². The predicted octanol–water partition coefficient (Wildman–Crippen LogP) is 5.52. The zero-order chi connectivity index (χ0) is 16.9. The Labute approximate surface area is 165 Å². The van der Waals surface area contributed by atoms with Gasteiger partial charge in [-0.15, -0.1) is 24.8 Å². The number of benzene rings is 1. The van der Waals surface area contributed by atoms with Crippen LogP contribution in [0.4, 0.5) is 13.2 Å². The van der Waals surface area contributed by atoms with Gasteiger partial charge >= 0.3 is 5.51 Å². The van der Waals surface area contributed by atoms with Gasteiger partial charge in [-0.2, -0.15) is 13.2 Å². The van der Waals surface area contributed by atoms with E-state index >= 15 is 0 Å². The van der Waals surface area contributed by atoms with Crippen LogP contribution in [0, 0.1) is 5.92 Å². The van der Waals surface area contributed by atoms with Crippen molar-refractivity contribution in [3.05, 3.63) is 29.8 Å². The van der Waals surface area contributed by atoms with Crippen LogP contribution >= 0.6 is 36.6 Å². The van der Waals surface area contributed by atoms with Gasteiger partial charge in [0.15, 0.2) is 0 Å². The molecule has 0 bridgehead atoms. The van der Waals surface area contributed by atoms with Gasteiger partial charge < -0.3 is 5.32 Å². The molecule has 0 aliphatic carbocycles. The van der Waals surface area contributed by atoms with Gasteiger partial charge in [0.2, 0.25) is 0 Å². The molecule has 8 heteroatoms. The lowest BCUT2D eigenvalue weighted by Gasteiger charge is -2.35. The number of hydrogen-bond donors (Lipinski definition) is 1. The molecule has 1 aliphatic heterocycles. The van der Waals surface area contributed by atoms with Crippen molar-refractivity contribution in [2.45, 2.75) is 43.1 Å². The van der Waals surface area contributed by atoms with Crippen molar-refractivity contribution in [1.29, 1.82) is 0 Å². The van der Waals surface area contributed by atoms with Crippen LogP contribution in [0.15, 0.2) is 29.2 Å². The Hall–Kier alpha value is -0.140. The van der Waals surface area contributed by atoms with Gasteiger partial charge in [0.1, 0.15) is 0 Å². The maximum Gasteiger partial charge on any atom is 0.446 e. The van der Waals surface area contributed by atoms with E-state index in [9.17, 15) is 13.2 Å². The Balaban J connectivity index is 0.00000288. The lowest BCUT2D eigenvalue weighted by Crippen LogP contribution is -2.45. The lowest BCUT2D eigenvalue weighted by atomic mass is 9.96. The second-order valence-corrected chi connectivity index (χ2v) is 7.53. The second kappa shape index (κ2) is 11.5. The summed E-state index contributed by atoms with van der Waals surface area (Å²) in [6.45, 7) is 8.33. The summed E-state index contributed by atoms with van der Waals surface area (Å²) in [6.07, 6.45) is 2.16. The summed E-state index contributed by atoms with van der Waals surface area (Å²) in [5.74, 6) is 0.625. The number of rotatable bonds is 6. The minimum absolute atomic E-state index is 0. The van der Waals surface area contributed by atoms with Crippen LogP contribution < -0.4 is 5.32 Å². The first-order valence-electron chi connectivity index (χ1n) is 8.15. The van der Waals surface area contributed by atoms with Gasteiger partial charge in [0.05, 0.1) is 0 Å². The van der Waals surface area contributed by atoms with E-state index in [2.05, 4.69) is 24.1 Å². The summed E-state index contributed by atoms with van der Waals surface area (Å²) in [5, 5.41) is 3.35. The normalized spacial score (nSPS) is 16.9. The molecular weight excluding hydrogens is 392 g/mol. The molecule has 0 spiro atoms. The van der Waals surface area contributed by atoms with Crippen LogP contribution in [0.2, 0.25) is 0 Å². The molecule has 25 heavy (non-hydrogen) atoms. The maximum atomic E-state index is 12.4. The monoisotopic (exact) mass is 418 g/mol. The Morgan fingerprint density at radius 1 is 1.04 bits per heavy atom. The van der Waals surface area contributed by atoms with Gasteiger partial charge in [-0.1, -0.05) is 26.0 Å². The molecule has 1 aromatic rings. The van der Waals surface area contributed by atoms with Crippen molar-refractivity contribution < 1.29 is 13.2 Å². The van der Waals surface area contributed by atoms with Crippen molar-refractivity contribution in [3.63, 3.8) is 0 Å². The second-order valence-electron chi connectivity index (χ2n) is 6.39. The minimum Gasteiger partial charge on any atom is -0.314 e. The number of piperazine rings is 1. The van der Waals surface area contributed by atoms with Crippen molar-refractivity contribution in [2.24, 2.45) is 5.92 Å². The van der Waals surface area contributed by atoms with Crippen molar-refractivity contribution in [3.8, 4) is 0 Å². The van der Waals surface area contributed by atoms with Gasteiger partial charge in [-0.25, -0.2) is 0 Å². The maximum absolute atomic E-state index is 12.4. The molecule has 2 rings (SSSR count). The molecule has 0 radical (unpaired) electrons. The number of alkyl halides is 3. The molecule has 1 heterocycles. The van der Waals surface area contributed by atoms with Crippen molar-refractivity contribution >= 4 is 36.6 Å². The topological polar surface area (TPSA) is 15.3 Å². The highest BCUT2D eigenvalue weighted by atomic mass is 35.5. The first-order valence-corrected chi connectivity index (χ1v) is 8.97. The number of nitrogens with zero attached hydrogens (tertiary/aromatic N) is 1. The predicted molar refractivity (Wildman–Crippen MR) is 104 cm³/mol. The van der Waals surface area contributed by atoms with Gasteiger partial charge in [0, 0.05) is 37.1 Å². The van der Waals surface area contributed by atoms with Gasteiger partial charge in [-0.05, 0) is 48.2 Å². The fourth-order valence-corrected chi connectivity index (χ4v) is 3.48. The summed E-state index contributed by atoms with van der Waals surface area (Å²) in [7, 11) is 0. The highest BCUT2D eigenvalue weighted by molar-refractivity contribution is 8.00. The molecular formula is C17H27Cl2F3N2S. The zero-order valence-corrected chi connectivity index (χ0v) is 17.0. The third-order valence-electron chi connectivity index (χ3n) is 4.11. The molecule has 1 saturated heterocycles. The van der Waals surface area contributed by atoms with Crippen molar-refractivity contribution in [2.75, 3.05) is 26.2 Å². The summed E-state index contributed by atoms with van der Waals surface area (Å²) in [5.41, 5.74) is -3.10. The Morgan fingerprint density at radius 2 is 1.60 bits per heavy atom. The molecule has 0 aromatic heterocycles. The van der Waals surface area contributed by atoms with Crippen LogP contribution in [0.25, 0.3) is 0 Å². The summed E-state index contributed by atoms with van der Waals surface area (Å²) in [6, 6.07) is 7.21. The third kappa shape index (κ3) is 8.87. The van der Waals surface area contributed by atoms with Crippen LogP contribution in [0.3, 0.4) is 0 Å². The van der Waals surface area contributed by atoms with Crippen LogP contribution in [0.5, 0.6) is 0 Å². The molecule has 0 unspecified atom stereocenters. The standard InChI is InChI=1S/C17H25F3N2S.2ClH/c1-13(2)3-8-16(22-11-9-21-10-12-22)14-4-6-15(7-5-14)23-17(18,19)20;;/h4-7,13,16,21H,3,8-12H2,1-2H3;2*1H/t16-;;/m1../s1. The quantitative estimate of drug-likeness (QED) is 0.611. The van der Waals surface area contributed by atoms with Crippen LogP contribution in [-0.4, -0.2) is 36.6 Å². The Bertz CT molecular complexity index is 478. The number of thioether (sulfide) groups is 1. The molecule has 1 aromatic carbocycles. The average Bonchev–Trinajstić information content (AvgIpc) is 2.48. The minimum atomic E-state index is -4.23. The van der Waals surface area contributed by atoms with Crippen molar-refractivity contribution in [1.82, 2.24) is 10.2 Å². The molecule has 1 atom stereocenters. The molecule has 146 valence electrons. The van der Waals surface area contributed by atoms with E-state index in [1.807, 2.05) is 12.1 Å². The highest BCUT2D eigenvalue weighted by Crippen LogP contribution is 2.37. The molecule has 1 N–H and O–H groups in total. The molecule has 2 nitrogen and oxygen atoms in total. The number of halogens is 5. The fraction of sp³-hybridized carbons (Fsp3) is 0.647. The summed E-state index contributed by atoms with van der Waals surface area (Å²) >= 11 is -0.0486. The van der Waals surface area contributed by atoms with E-state index in [0.29, 0.717) is 12.0 Å². The summed E-state index contributed by atoms with van der Waals surface area (Å²) < 4.78 is 37.3. The smallest absolute Gasteiger partial charge is 0.314 e. The molecule has 0 saturated carbocycles. The largest absolute Gasteiger partial charge is 0.446 e. The summed E-state index contributed by atoms with van der Waals surface area (Å²) in [4.78, 5) is 2.70. The SMILES string of the molecule is CC(C)CC[C@H](c1ccc(SC(F)(F)F)cc1)N1CCNCC1.Cl.Cl. The van der Waals surface area contributed by atoms with Crippen LogP contribution in [0.1, 0.15) is 38.3 Å². The first kappa shape index (κ1) is 24.9. The first-order chi connectivity index (χ1) is 10.8. The molecule has 0 amide bonds. The number of nitrogens with one attached hydrogen (secondary N) is 1. The average molecular weight is 419 g/mol. The Kier molecular flexibility index (Phi) is 11.5. The highest BCUT2D eigenvalue weighted by Gasteiger charge is 2.29. The van der Waals surface area contributed by atoms with Gasteiger partial charge in [-0.3, -0.25) is 4.90 Å². The zero-order valence-electron chi connectivity index (χ0n) is 14.5. The van der Waals surface area contributed by atoms with E-state index in [-0.39, 0.29) is 41.5 Å². The van der Waals surface area contributed by atoms with Gasteiger partial charge in [0.25, 0.3) is 0 Å². The third-order valence-corrected chi connectivity index (χ3v) is 4.85. The van der Waals surface area contributed by atoms with Crippen LogP contribution in [-0.2, 0) is 0 Å². The Morgan fingerprint density at radius 3 is 2.08 bits per heavy atom. The lowest BCUT2D eigenvalue weighted by molar-refractivity contribution is -0.0328. The number of hydrogen-bond acceptors (Lipinski definition) is 3. The molecule has 1 fully saturated rings. The van der Waals surface area contributed by atoms with E-state index in [1.54, 1.807) is 12.1 Å².